The monoisotopic (exact) mass is 497 g/mol. The molecule has 2 aromatic heterocycles. The lowest BCUT2D eigenvalue weighted by Gasteiger charge is -2.26. The van der Waals surface area contributed by atoms with Gasteiger partial charge in [-0.2, -0.15) is 0 Å². The third kappa shape index (κ3) is 5.25. The van der Waals surface area contributed by atoms with Gasteiger partial charge in [0.25, 0.3) is 5.56 Å². The number of nitrogens with two attached hydrogens (primary N) is 1. The number of hydrogen-bond donors (Lipinski definition) is 1. The number of rotatable bonds is 9. The standard InChI is InChI=1S/C24H31N7O3S/c1-3-12-30-21(25)20(22(33)28(2)24(30)34)18(32)16-35-23-27-26-19(15-29-13-8-5-9-14-29)31(23)17-10-6-4-7-11-17/h4,6-7,10-11H,3,5,8-9,12-16,25H2,1-2H3. The minimum Gasteiger partial charge on any atom is -0.384 e. The predicted molar refractivity (Wildman–Crippen MR) is 136 cm³/mol. The van der Waals surface area contributed by atoms with E-state index in [4.69, 9.17) is 5.73 Å². The van der Waals surface area contributed by atoms with E-state index < -0.39 is 17.0 Å². The second-order valence-corrected chi connectivity index (χ2v) is 9.62. The van der Waals surface area contributed by atoms with Crippen molar-refractivity contribution in [3.8, 4) is 5.69 Å². The number of nitrogen functional groups attached to an aromatic ring is 1. The summed E-state index contributed by atoms with van der Waals surface area (Å²) in [5.41, 5.74) is 5.67. The lowest BCUT2D eigenvalue weighted by Crippen LogP contribution is -2.42. The minimum atomic E-state index is -0.680. The first-order chi connectivity index (χ1) is 16.9. The van der Waals surface area contributed by atoms with Gasteiger partial charge in [0.1, 0.15) is 11.4 Å². The lowest BCUT2D eigenvalue weighted by molar-refractivity contribution is 0.102. The van der Waals surface area contributed by atoms with Gasteiger partial charge in [-0.25, -0.2) is 4.79 Å². The number of ketones is 1. The number of carbonyl (C=O) groups is 1. The summed E-state index contributed by atoms with van der Waals surface area (Å²) >= 11 is 1.20. The molecule has 1 saturated heterocycles. The van der Waals surface area contributed by atoms with E-state index >= 15 is 0 Å². The van der Waals surface area contributed by atoms with Crippen molar-refractivity contribution in [1.82, 2.24) is 28.8 Å². The van der Waals surface area contributed by atoms with Gasteiger partial charge >= 0.3 is 5.69 Å². The second-order valence-electron chi connectivity index (χ2n) is 8.68. The molecule has 10 nitrogen and oxygen atoms in total. The summed E-state index contributed by atoms with van der Waals surface area (Å²) in [6, 6.07) is 9.78. The van der Waals surface area contributed by atoms with Crippen molar-refractivity contribution in [1.29, 1.82) is 0 Å². The molecule has 0 amide bonds. The van der Waals surface area contributed by atoms with Crippen molar-refractivity contribution in [2.24, 2.45) is 7.05 Å². The minimum absolute atomic E-state index is 0.0571. The Labute approximate surface area is 207 Å². The van der Waals surface area contributed by atoms with E-state index in [1.54, 1.807) is 0 Å². The van der Waals surface area contributed by atoms with Crippen molar-refractivity contribution < 1.29 is 4.79 Å². The van der Waals surface area contributed by atoms with E-state index in [0.717, 1.165) is 29.2 Å². The summed E-state index contributed by atoms with van der Waals surface area (Å²) in [6.45, 7) is 4.95. The number of anilines is 1. The highest BCUT2D eigenvalue weighted by Crippen LogP contribution is 2.24. The molecule has 1 fully saturated rings. The smallest absolute Gasteiger partial charge is 0.332 e. The number of piperidine rings is 1. The summed E-state index contributed by atoms with van der Waals surface area (Å²) in [4.78, 5) is 40.7. The number of nitrogens with zero attached hydrogens (tertiary/aromatic N) is 6. The van der Waals surface area contributed by atoms with Gasteiger partial charge in [-0.15, -0.1) is 10.2 Å². The first kappa shape index (κ1) is 24.9. The van der Waals surface area contributed by atoms with E-state index in [1.165, 1.54) is 42.6 Å². The van der Waals surface area contributed by atoms with Crippen LogP contribution in [0.2, 0.25) is 0 Å². The van der Waals surface area contributed by atoms with E-state index in [1.807, 2.05) is 41.8 Å². The molecule has 0 spiro atoms. The van der Waals surface area contributed by atoms with E-state index in [9.17, 15) is 14.4 Å². The molecule has 0 bridgehead atoms. The number of carbonyl (C=O) groups excluding carboxylic acids is 1. The molecule has 4 rings (SSSR count). The van der Waals surface area contributed by atoms with Gasteiger partial charge in [0.2, 0.25) is 0 Å². The van der Waals surface area contributed by atoms with Gasteiger partial charge in [0, 0.05) is 19.3 Å². The zero-order chi connectivity index (χ0) is 24.9. The summed E-state index contributed by atoms with van der Waals surface area (Å²) in [5.74, 6) is 0.220. The van der Waals surface area contributed by atoms with Gasteiger partial charge in [0.05, 0.1) is 12.3 Å². The highest BCUT2D eigenvalue weighted by molar-refractivity contribution is 7.99. The quantitative estimate of drug-likeness (QED) is 0.352. The van der Waals surface area contributed by atoms with Crippen LogP contribution < -0.4 is 17.0 Å². The molecular formula is C24H31N7O3S. The topological polar surface area (TPSA) is 121 Å². The predicted octanol–water partition coefficient (Wildman–Crippen LogP) is 2.08. The van der Waals surface area contributed by atoms with Crippen LogP contribution >= 0.6 is 11.8 Å². The highest BCUT2D eigenvalue weighted by Gasteiger charge is 2.24. The van der Waals surface area contributed by atoms with Gasteiger partial charge < -0.3 is 5.73 Å². The molecule has 0 unspecified atom stereocenters. The lowest BCUT2D eigenvalue weighted by atomic mass is 10.1. The summed E-state index contributed by atoms with van der Waals surface area (Å²) in [7, 11) is 1.36. The number of thioether (sulfide) groups is 1. The molecule has 186 valence electrons. The number of Topliss-reactive ketones (excluding diaryl/α,β-unsaturated/α-hetero) is 1. The molecule has 3 heterocycles. The summed E-state index contributed by atoms with van der Waals surface area (Å²) < 4.78 is 4.18. The van der Waals surface area contributed by atoms with Crippen molar-refractivity contribution in [3.05, 3.63) is 62.6 Å². The van der Waals surface area contributed by atoms with Crippen LogP contribution in [0.3, 0.4) is 0 Å². The van der Waals surface area contributed by atoms with Gasteiger partial charge in [0.15, 0.2) is 16.8 Å². The Morgan fingerprint density at radius 2 is 1.80 bits per heavy atom. The zero-order valence-electron chi connectivity index (χ0n) is 20.1. The Hall–Kier alpha value is -3.18. The summed E-state index contributed by atoms with van der Waals surface area (Å²) in [6.07, 6.45) is 4.24. The third-order valence-electron chi connectivity index (χ3n) is 6.17. The van der Waals surface area contributed by atoms with E-state index in [0.29, 0.717) is 24.7 Å². The van der Waals surface area contributed by atoms with E-state index in [-0.39, 0.29) is 17.1 Å². The van der Waals surface area contributed by atoms with Crippen LogP contribution in [0.4, 0.5) is 5.82 Å². The molecule has 1 aliphatic rings. The average Bonchev–Trinajstić information content (AvgIpc) is 3.27. The van der Waals surface area contributed by atoms with Crippen molar-refractivity contribution in [2.75, 3.05) is 24.6 Å². The van der Waals surface area contributed by atoms with Crippen molar-refractivity contribution in [2.45, 2.75) is 50.9 Å². The molecule has 11 heteroatoms. The van der Waals surface area contributed by atoms with Gasteiger partial charge in [-0.05, 0) is 44.5 Å². The number of benzene rings is 1. The molecular weight excluding hydrogens is 466 g/mol. The molecule has 1 aromatic carbocycles. The molecule has 0 saturated carbocycles. The number of aromatic nitrogens is 5. The van der Waals surface area contributed by atoms with Crippen molar-refractivity contribution >= 4 is 23.4 Å². The largest absolute Gasteiger partial charge is 0.384 e. The van der Waals surface area contributed by atoms with Gasteiger partial charge in [-0.3, -0.25) is 28.2 Å². The molecule has 2 N–H and O–H groups in total. The second kappa shape index (κ2) is 11.0. The molecule has 3 aromatic rings. The Morgan fingerprint density at radius 1 is 1.09 bits per heavy atom. The van der Waals surface area contributed by atoms with Crippen LogP contribution in [0.1, 0.15) is 48.8 Å². The highest BCUT2D eigenvalue weighted by atomic mass is 32.2. The molecule has 1 aliphatic heterocycles. The maximum Gasteiger partial charge on any atom is 0.332 e. The maximum atomic E-state index is 13.2. The third-order valence-corrected chi connectivity index (χ3v) is 7.10. The molecule has 0 radical (unpaired) electrons. The Morgan fingerprint density at radius 3 is 2.49 bits per heavy atom. The molecule has 35 heavy (non-hydrogen) atoms. The fourth-order valence-electron chi connectivity index (χ4n) is 4.34. The fraction of sp³-hybridized carbons (Fsp3) is 0.458. The van der Waals surface area contributed by atoms with E-state index in [2.05, 4.69) is 15.1 Å². The van der Waals surface area contributed by atoms with Crippen LogP contribution in [0.5, 0.6) is 0 Å². The first-order valence-corrected chi connectivity index (χ1v) is 12.9. The summed E-state index contributed by atoms with van der Waals surface area (Å²) in [5, 5.41) is 9.38. The Balaban J connectivity index is 1.62. The zero-order valence-corrected chi connectivity index (χ0v) is 21.0. The molecule has 0 atom stereocenters. The maximum absolute atomic E-state index is 13.2. The number of likely N-dealkylation sites (tertiary alicyclic amines) is 1. The first-order valence-electron chi connectivity index (χ1n) is 11.9. The van der Waals surface area contributed by atoms with Crippen LogP contribution in [-0.4, -0.2) is 53.4 Å². The Kier molecular flexibility index (Phi) is 7.86. The van der Waals surface area contributed by atoms with Crippen LogP contribution in [0, 0.1) is 0 Å². The number of para-hydroxylation sites is 1. The number of hydrogen-bond acceptors (Lipinski definition) is 8. The SMILES string of the molecule is CCCn1c(N)c(C(=O)CSc2nnc(CN3CCCCC3)n2-c2ccccc2)c(=O)n(C)c1=O. The fourth-order valence-corrected chi connectivity index (χ4v) is 5.18. The molecule has 0 aliphatic carbocycles. The van der Waals surface area contributed by atoms with Crippen LogP contribution in [-0.2, 0) is 20.1 Å². The Bertz CT molecular complexity index is 1310. The van der Waals surface area contributed by atoms with Crippen LogP contribution in [0.15, 0.2) is 45.1 Å². The van der Waals surface area contributed by atoms with Gasteiger partial charge in [-0.1, -0.05) is 43.3 Å². The normalized spacial score (nSPS) is 14.3. The van der Waals surface area contributed by atoms with Crippen molar-refractivity contribution in [3.63, 3.8) is 0 Å². The van der Waals surface area contributed by atoms with Crippen LogP contribution in [0.25, 0.3) is 5.69 Å². The average molecular weight is 498 g/mol.